The van der Waals surface area contributed by atoms with Crippen LogP contribution in [0, 0.1) is 11.8 Å². The van der Waals surface area contributed by atoms with E-state index in [9.17, 15) is 9.59 Å². The second-order valence-electron chi connectivity index (χ2n) is 6.89. The van der Waals surface area contributed by atoms with E-state index in [4.69, 9.17) is 0 Å². The fraction of sp³-hybridized carbons (Fsp3) is 0.647. The highest BCUT2D eigenvalue weighted by molar-refractivity contribution is 7.07. The van der Waals surface area contributed by atoms with E-state index in [2.05, 4.69) is 16.8 Å². The van der Waals surface area contributed by atoms with Crippen molar-refractivity contribution in [2.75, 3.05) is 19.6 Å². The van der Waals surface area contributed by atoms with Gasteiger partial charge in [-0.05, 0) is 54.0 Å². The SMILES string of the molecule is O=C1C[C@@H](C(=O)N2CCC[C@@H]2c2ccsc2)CN1CC1CC1. The molecule has 0 unspecified atom stereocenters. The summed E-state index contributed by atoms with van der Waals surface area (Å²) in [7, 11) is 0. The smallest absolute Gasteiger partial charge is 0.228 e. The van der Waals surface area contributed by atoms with Crippen LogP contribution in [-0.2, 0) is 9.59 Å². The zero-order chi connectivity index (χ0) is 15.1. The summed E-state index contributed by atoms with van der Waals surface area (Å²) in [6.45, 7) is 2.35. The van der Waals surface area contributed by atoms with Crippen molar-refractivity contribution < 1.29 is 9.59 Å². The van der Waals surface area contributed by atoms with Gasteiger partial charge in [0.25, 0.3) is 0 Å². The van der Waals surface area contributed by atoms with Crippen molar-refractivity contribution in [3.63, 3.8) is 0 Å². The molecule has 22 heavy (non-hydrogen) atoms. The van der Waals surface area contributed by atoms with Crippen molar-refractivity contribution in [2.24, 2.45) is 11.8 Å². The molecule has 1 aliphatic carbocycles. The number of carbonyl (C=O) groups is 2. The first kappa shape index (κ1) is 14.2. The lowest BCUT2D eigenvalue weighted by atomic mass is 10.0. The van der Waals surface area contributed by atoms with Crippen molar-refractivity contribution in [3.05, 3.63) is 22.4 Å². The summed E-state index contributed by atoms with van der Waals surface area (Å²) in [5.74, 6) is 0.950. The van der Waals surface area contributed by atoms with E-state index in [-0.39, 0.29) is 23.8 Å². The molecular formula is C17H22N2O2S. The van der Waals surface area contributed by atoms with Gasteiger partial charge in [0.15, 0.2) is 0 Å². The number of likely N-dealkylation sites (tertiary alicyclic amines) is 2. The Hall–Kier alpha value is -1.36. The zero-order valence-corrected chi connectivity index (χ0v) is 13.6. The molecule has 2 saturated heterocycles. The van der Waals surface area contributed by atoms with Crippen LogP contribution < -0.4 is 0 Å². The van der Waals surface area contributed by atoms with Crippen molar-refractivity contribution >= 4 is 23.2 Å². The van der Waals surface area contributed by atoms with E-state index >= 15 is 0 Å². The van der Waals surface area contributed by atoms with Gasteiger partial charge in [-0.2, -0.15) is 11.3 Å². The summed E-state index contributed by atoms with van der Waals surface area (Å²) in [5, 5.41) is 4.22. The molecule has 3 heterocycles. The summed E-state index contributed by atoms with van der Waals surface area (Å²) in [6, 6.07) is 2.35. The molecule has 3 aliphatic rings. The van der Waals surface area contributed by atoms with Crippen molar-refractivity contribution in [3.8, 4) is 0 Å². The Morgan fingerprint density at radius 1 is 1.32 bits per heavy atom. The second kappa shape index (κ2) is 5.69. The van der Waals surface area contributed by atoms with Crippen LogP contribution in [0.1, 0.15) is 43.7 Å². The first-order valence-corrected chi connectivity index (χ1v) is 9.27. The van der Waals surface area contributed by atoms with E-state index in [0.29, 0.717) is 18.9 Å². The number of carbonyl (C=O) groups excluding carboxylic acids is 2. The quantitative estimate of drug-likeness (QED) is 0.856. The minimum absolute atomic E-state index is 0.120. The van der Waals surface area contributed by atoms with Crippen molar-refractivity contribution in [2.45, 2.75) is 38.1 Å². The minimum Gasteiger partial charge on any atom is -0.342 e. The highest BCUT2D eigenvalue weighted by atomic mass is 32.1. The predicted octanol–water partition coefficient (Wildman–Crippen LogP) is 2.67. The van der Waals surface area contributed by atoms with E-state index in [1.54, 1.807) is 11.3 Å². The molecule has 1 saturated carbocycles. The largest absolute Gasteiger partial charge is 0.342 e. The van der Waals surface area contributed by atoms with Gasteiger partial charge in [0.1, 0.15) is 0 Å². The fourth-order valence-electron chi connectivity index (χ4n) is 3.80. The number of rotatable bonds is 4. The fourth-order valence-corrected chi connectivity index (χ4v) is 4.51. The van der Waals surface area contributed by atoms with Gasteiger partial charge in [-0.3, -0.25) is 9.59 Å². The molecule has 0 N–H and O–H groups in total. The third-order valence-electron chi connectivity index (χ3n) is 5.20. The summed E-state index contributed by atoms with van der Waals surface area (Å²) < 4.78 is 0. The molecule has 0 spiro atoms. The lowest BCUT2D eigenvalue weighted by Gasteiger charge is -2.27. The summed E-state index contributed by atoms with van der Waals surface area (Å²) >= 11 is 1.69. The number of thiophene rings is 1. The number of amides is 2. The summed E-state index contributed by atoms with van der Waals surface area (Å²) in [5.41, 5.74) is 1.26. The molecular weight excluding hydrogens is 296 g/mol. The second-order valence-corrected chi connectivity index (χ2v) is 7.67. The lowest BCUT2D eigenvalue weighted by Crippen LogP contribution is -2.37. The van der Waals surface area contributed by atoms with E-state index in [1.807, 2.05) is 9.80 Å². The molecule has 0 radical (unpaired) electrons. The number of hydrogen-bond donors (Lipinski definition) is 0. The van der Waals surface area contributed by atoms with E-state index in [0.717, 1.165) is 25.9 Å². The molecule has 4 nitrogen and oxygen atoms in total. The first-order chi connectivity index (χ1) is 10.7. The van der Waals surface area contributed by atoms with E-state index in [1.165, 1.54) is 18.4 Å². The van der Waals surface area contributed by atoms with E-state index < -0.39 is 0 Å². The maximum atomic E-state index is 12.9. The molecule has 3 fully saturated rings. The highest BCUT2D eigenvalue weighted by Crippen LogP contribution is 2.36. The average Bonchev–Trinajstić information content (AvgIpc) is 2.96. The Kier molecular flexibility index (Phi) is 3.68. The maximum absolute atomic E-state index is 12.9. The summed E-state index contributed by atoms with van der Waals surface area (Å²) in [4.78, 5) is 29.0. The van der Waals surface area contributed by atoms with Crippen LogP contribution in [0.4, 0.5) is 0 Å². The molecule has 4 rings (SSSR count). The average molecular weight is 318 g/mol. The van der Waals surface area contributed by atoms with Gasteiger partial charge in [0, 0.05) is 26.1 Å². The van der Waals surface area contributed by atoms with Crippen LogP contribution >= 0.6 is 11.3 Å². The Morgan fingerprint density at radius 2 is 2.18 bits per heavy atom. The predicted molar refractivity (Wildman–Crippen MR) is 85.4 cm³/mol. The lowest BCUT2D eigenvalue weighted by molar-refractivity contribution is -0.136. The Morgan fingerprint density at radius 3 is 2.91 bits per heavy atom. The van der Waals surface area contributed by atoms with Gasteiger partial charge in [-0.15, -0.1) is 0 Å². The maximum Gasteiger partial charge on any atom is 0.228 e. The standard InChI is InChI=1S/C17H22N2O2S/c20-16-8-14(10-18(16)9-12-3-4-12)17(21)19-6-1-2-15(19)13-5-7-22-11-13/h5,7,11-12,14-15H,1-4,6,8-10H2/t14-,15-/m1/s1. The zero-order valence-electron chi connectivity index (χ0n) is 12.7. The molecule has 2 atom stereocenters. The molecule has 2 amide bonds. The van der Waals surface area contributed by atoms with Gasteiger partial charge in [-0.25, -0.2) is 0 Å². The number of hydrogen-bond acceptors (Lipinski definition) is 3. The number of nitrogens with zero attached hydrogens (tertiary/aromatic N) is 2. The van der Waals surface area contributed by atoms with Crippen molar-refractivity contribution in [1.82, 2.24) is 9.80 Å². The monoisotopic (exact) mass is 318 g/mol. The van der Waals surface area contributed by atoms with Gasteiger partial charge in [0.05, 0.1) is 12.0 Å². The van der Waals surface area contributed by atoms with Crippen LogP contribution in [0.2, 0.25) is 0 Å². The molecule has 0 bridgehead atoms. The van der Waals surface area contributed by atoms with Gasteiger partial charge >= 0.3 is 0 Å². The Labute approximate surface area is 135 Å². The molecule has 118 valence electrons. The third-order valence-corrected chi connectivity index (χ3v) is 5.90. The van der Waals surface area contributed by atoms with Crippen LogP contribution in [0.3, 0.4) is 0 Å². The highest BCUT2D eigenvalue weighted by Gasteiger charge is 2.41. The van der Waals surface area contributed by atoms with Crippen LogP contribution in [0.25, 0.3) is 0 Å². The normalized spacial score (nSPS) is 28.6. The van der Waals surface area contributed by atoms with Gasteiger partial charge in [0.2, 0.25) is 11.8 Å². The van der Waals surface area contributed by atoms with Crippen LogP contribution in [0.5, 0.6) is 0 Å². The molecule has 2 aliphatic heterocycles. The third kappa shape index (κ3) is 2.67. The Balaban J connectivity index is 1.43. The van der Waals surface area contributed by atoms with Gasteiger partial charge in [-0.1, -0.05) is 0 Å². The minimum atomic E-state index is -0.120. The molecule has 1 aromatic rings. The van der Waals surface area contributed by atoms with Gasteiger partial charge < -0.3 is 9.80 Å². The topological polar surface area (TPSA) is 40.6 Å². The molecule has 1 aromatic heterocycles. The first-order valence-electron chi connectivity index (χ1n) is 8.32. The molecule has 5 heteroatoms. The summed E-state index contributed by atoms with van der Waals surface area (Å²) in [6.07, 6.45) is 5.02. The molecule has 0 aromatic carbocycles. The Bertz CT molecular complexity index is 567. The van der Waals surface area contributed by atoms with Crippen LogP contribution in [-0.4, -0.2) is 41.2 Å². The van der Waals surface area contributed by atoms with Crippen molar-refractivity contribution in [1.29, 1.82) is 0 Å². The van der Waals surface area contributed by atoms with Crippen LogP contribution in [0.15, 0.2) is 16.8 Å².